The number of carbonyl (C=O) groups is 2. The Balaban J connectivity index is 2.05. The van der Waals surface area contributed by atoms with E-state index in [0.717, 1.165) is 6.29 Å². The Kier molecular flexibility index (Phi) is 2.26. The van der Waals surface area contributed by atoms with Gasteiger partial charge in [-0.15, -0.1) is 0 Å². The van der Waals surface area contributed by atoms with Crippen molar-refractivity contribution in [1.29, 1.82) is 0 Å². The van der Waals surface area contributed by atoms with Gasteiger partial charge < -0.3 is 4.79 Å². The Bertz CT molecular complexity index is 350. The highest BCUT2D eigenvalue weighted by molar-refractivity contribution is 6.01. The largest absolute Gasteiger partial charge is 0.303 e. The molecule has 1 atom stereocenters. The highest BCUT2D eigenvalue weighted by atomic mass is 16.2. The molecule has 1 amide bonds. The molecule has 0 saturated carbocycles. The summed E-state index contributed by atoms with van der Waals surface area (Å²) < 4.78 is 0. The van der Waals surface area contributed by atoms with E-state index in [1.807, 2.05) is 6.07 Å². The second kappa shape index (κ2) is 3.57. The third kappa shape index (κ3) is 1.39. The van der Waals surface area contributed by atoms with Crippen LogP contribution >= 0.6 is 0 Å². The fraction of sp³-hybridized carbons (Fsp3) is 0.300. The third-order valence-corrected chi connectivity index (χ3v) is 2.32. The first kappa shape index (κ1) is 8.87. The van der Waals surface area contributed by atoms with Gasteiger partial charge in [-0.2, -0.15) is 0 Å². The second-order valence-corrected chi connectivity index (χ2v) is 3.24. The predicted octanol–water partition coefficient (Wildman–Crippen LogP) is 0.633. The first-order valence-electron chi connectivity index (χ1n) is 4.49. The topological polar surface area (TPSA) is 50.3 Å². The summed E-state index contributed by atoms with van der Waals surface area (Å²) in [7, 11) is 0. The monoisotopic (exact) mass is 190 g/mol. The lowest BCUT2D eigenvalue weighted by atomic mass is 9.96. The van der Waals surface area contributed by atoms with Gasteiger partial charge >= 0.3 is 0 Å². The van der Waals surface area contributed by atoms with Crippen LogP contribution in [0.5, 0.6) is 0 Å². The predicted molar refractivity (Wildman–Crippen MR) is 50.8 cm³/mol. The molecule has 4 heteroatoms. The SMILES string of the molecule is O=CC[C@@H]1CN(c2ccccn2)C1=O. The van der Waals surface area contributed by atoms with Crippen LogP contribution in [0.15, 0.2) is 24.4 Å². The third-order valence-electron chi connectivity index (χ3n) is 2.32. The van der Waals surface area contributed by atoms with Gasteiger partial charge in [0.2, 0.25) is 5.91 Å². The number of aromatic nitrogens is 1. The summed E-state index contributed by atoms with van der Waals surface area (Å²) in [6.07, 6.45) is 2.76. The fourth-order valence-corrected chi connectivity index (χ4v) is 1.51. The van der Waals surface area contributed by atoms with Gasteiger partial charge in [0.15, 0.2) is 0 Å². The number of amides is 1. The molecule has 1 aliphatic rings. The molecule has 0 spiro atoms. The van der Waals surface area contributed by atoms with Crippen molar-refractivity contribution < 1.29 is 9.59 Å². The first-order chi connectivity index (χ1) is 6.83. The first-order valence-corrected chi connectivity index (χ1v) is 4.49. The Morgan fingerprint density at radius 1 is 1.57 bits per heavy atom. The number of β-lactam (4-membered cyclic amide) rings is 1. The van der Waals surface area contributed by atoms with Crippen LogP contribution in [0.2, 0.25) is 0 Å². The van der Waals surface area contributed by atoms with Crippen molar-refractivity contribution in [2.75, 3.05) is 11.4 Å². The quantitative estimate of drug-likeness (QED) is 0.519. The summed E-state index contributed by atoms with van der Waals surface area (Å²) in [5.41, 5.74) is 0. The van der Waals surface area contributed by atoms with Gasteiger partial charge in [-0.05, 0) is 12.1 Å². The highest BCUT2D eigenvalue weighted by Gasteiger charge is 2.37. The molecule has 0 aromatic carbocycles. The average molecular weight is 190 g/mol. The molecule has 0 N–H and O–H groups in total. The summed E-state index contributed by atoms with van der Waals surface area (Å²) in [4.78, 5) is 27.3. The zero-order valence-electron chi connectivity index (χ0n) is 7.59. The van der Waals surface area contributed by atoms with Crippen LogP contribution in [0.25, 0.3) is 0 Å². The molecule has 14 heavy (non-hydrogen) atoms. The van der Waals surface area contributed by atoms with E-state index in [9.17, 15) is 9.59 Å². The van der Waals surface area contributed by atoms with Crippen molar-refractivity contribution in [3.8, 4) is 0 Å². The van der Waals surface area contributed by atoms with E-state index in [0.29, 0.717) is 18.8 Å². The molecule has 1 aliphatic heterocycles. The zero-order valence-corrected chi connectivity index (χ0v) is 7.59. The molecule has 2 rings (SSSR count). The number of pyridine rings is 1. The minimum absolute atomic E-state index is 0.00389. The molecule has 0 radical (unpaired) electrons. The molecule has 4 nitrogen and oxygen atoms in total. The van der Waals surface area contributed by atoms with Crippen LogP contribution in [0, 0.1) is 5.92 Å². The smallest absolute Gasteiger partial charge is 0.233 e. The summed E-state index contributed by atoms with van der Waals surface area (Å²) >= 11 is 0. The summed E-state index contributed by atoms with van der Waals surface area (Å²) in [6.45, 7) is 0.606. The molecular weight excluding hydrogens is 180 g/mol. The van der Waals surface area contributed by atoms with E-state index < -0.39 is 0 Å². The van der Waals surface area contributed by atoms with Crippen molar-refractivity contribution >= 4 is 18.0 Å². The van der Waals surface area contributed by atoms with Crippen LogP contribution in [-0.4, -0.2) is 23.7 Å². The van der Waals surface area contributed by atoms with Crippen LogP contribution in [-0.2, 0) is 9.59 Å². The maximum atomic E-state index is 11.5. The van der Waals surface area contributed by atoms with Gasteiger partial charge in [0.25, 0.3) is 0 Å². The molecule has 0 unspecified atom stereocenters. The van der Waals surface area contributed by atoms with Gasteiger partial charge in [0.1, 0.15) is 12.1 Å². The van der Waals surface area contributed by atoms with Crippen molar-refractivity contribution in [3.05, 3.63) is 24.4 Å². The Morgan fingerprint density at radius 2 is 2.43 bits per heavy atom. The number of anilines is 1. The number of carbonyl (C=O) groups excluding carboxylic acids is 2. The molecule has 1 saturated heterocycles. The minimum atomic E-state index is -0.130. The molecule has 1 aromatic rings. The van der Waals surface area contributed by atoms with Crippen molar-refractivity contribution in [2.45, 2.75) is 6.42 Å². The summed E-state index contributed by atoms with van der Waals surface area (Å²) in [6, 6.07) is 5.42. The maximum Gasteiger partial charge on any atom is 0.233 e. The Hall–Kier alpha value is -1.71. The molecule has 1 aromatic heterocycles. The van der Waals surface area contributed by atoms with Gasteiger partial charge in [-0.25, -0.2) is 4.98 Å². The van der Waals surface area contributed by atoms with Crippen LogP contribution in [0.4, 0.5) is 5.82 Å². The second-order valence-electron chi connectivity index (χ2n) is 3.24. The van der Waals surface area contributed by atoms with Gasteiger partial charge in [0.05, 0.1) is 5.92 Å². The van der Waals surface area contributed by atoms with E-state index in [4.69, 9.17) is 0 Å². The fourth-order valence-electron chi connectivity index (χ4n) is 1.51. The van der Waals surface area contributed by atoms with Gasteiger partial charge in [-0.1, -0.05) is 6.07 Å². The number of rotatable bonds is 3. The summed E-state index contributed by atoms with van der Waals surface area (Å²) in [5.74, 6) is 0.532. The lowest BCUT2D eigenvalue weighted by Crippen LogP contribution is -2.53. The molecule has 72 valence electrons. The highest BCUT2D eigenvalue weighted by Crippen LogP contribution is 2.25. The zero-order chi connectivity index (χ0) is 9.97. The number of aldehydes is 1. The molecule has 2 heterocycles. The minimum Gasteiger partial charge on any atom is -0.303 e. The van der Waals surface area contributed by atoms with Crippen molar-refractivity contribution in [2.24, 2.45) is 5.92 Å². The van der Waals surface area contributed by atoms with Crippen molar-refractivity contribution in [3.63, 3.8) is 0 Å². The van der Waals surface area contributed by atoms with Crippen molar-refractivity contribution in [1.82, 2.24) is 4.98 Å². The van der Waals surface area contributed by atoms with Crippen LogP contribution < -0.4 is 4.90 Å². The molecule has 1 fully saturated rings. The summed E-state index contributed by atoms with van der Waals surface area (Å²) in [5, 5.41) is 0. The van der Waals surface area contributed by atoms with Gasteiger partial charge in [0, 0.05) is 19.2 Å². The lowest BCUT2D eigenvalue weighted by Gasteiger charge is -2.36. The number of hydrogen-bond donors (Lipinski definition) is 0. The molecule has 0 aliphatic carbocycles. The van der Waals surface area contributed by atoms with E-state index >= 15 is 0 Å². The average Bonchev–Trinajstić information content (AvgIpc) is 2.24. The maximum absolute atomic E-state index is 11.5. The van der Waals surface area contributed by atoms with E-state index in [1.54, 1.807) is 23.2 Å². The Morgan fingerprint density at radius 3 is 3.00 bits per heavy atom. The van der Waals surface area contributed by atoms with E-state index in [-0.39, 0.29) is 11.8 Å². The lowest BCUT2D eigenvalue weighted by molar-refractivity contribution is -0.129. The number of hydrogen-bond acceptors (Lipinski definition) is 3. The van der Waals surface area contributed by atoms with Gasteiger partial charge in [-0.3, -0.25) is 9.69 Å². The van der Waals surface area contributed by atoms with Crippen LogP contribution in [0.1, 0.15) is 6.42 Å². The standard InChI is InChI=1S/C10H10N2O2/c13-6-4-8-7-12(10(8)14)9-3-1-2-5-11-9/h1-3,5-6,8H,4,7H2/t8-/m1/s1. The van der Waals surface area contributed by atoms with E-state index in [1.165, 1.54) is 0 Å². The van der Waals surface area contributed by atoms with Crippen LogP contribution in [0.3, 0.4) is 0 Å². The number of nitrogens with zero attached hydrogens (tertiary/aromatic N) is 2. The molecule has 0 bridgehead atoms. The normalized spacial score (nSPS) is 20.4. The Labute approximate surface area is 81.6 Å². The van der Waals surface area contributed by atoms with E-state index in [2.05, 4.69) is 4.98 Å². The molecular formula is C10H10N2O2.